The van der Waals surface area contributed by atoms with Crippen LogP contribution in [0.3, 0.4) is 0 Å². The van der Waals surface area contributed by atoms with Crippen LogP contribution in [0.15, 0.2) is 0 Å². The lowest BCUT2D eigenvalue weighted by molar-refractivity contribution is 0.0943. The molecule has 5 nitrogen and oxygen atoms in total. The Hall–Kier alpha value is 0.340. The molecule has 0 rings (SSSR count). The second-order valence-corrected chi connectivity index (χ2v) is 10.1. The zero-order valence-electron chi connectivity index (χ0n) is 11.9. The van der Waals surface area contributed by atoms with Gasteiger partial charge in [0.25, 0.3) is 0 Å². The molecule has 0 saturated carbocycles. The van der Waals surface area contributed by atoms with Crippen molar-refractivity contribution in [2.45, 2.75) is 52.7 Å². The Morgan fingerprint density at radius 3 is 1.12 bits per heavy atom. The van der Waals surface area contributed by atoms with E-state index in [0.717, 1.165) is 0 Å². The van der Waals surface area contributed by atoms with E-state index in [1.165, 1.54) is 13.3 Å². The van der Waals surface area contributed by atoms with Crippen molar-refractivity contribution in [2.75, 3.05) is 13.3 Å². The fraction of sp³-hybridized carbons (Fsp3) is 1.00. The molecule has 0 aliphatic heterocycles. The van der Waals surface area contributed by atoms with Gasteiger partial charge in [-0.1, -0.05) is 0 Å². The Kier molecular flexibility index (Phi) is 5.25. The summed E-state index contributed by atoms with van der Waals surface area (Å²) in [7, 11) is -6.82. The highest BCUT2D eigenvalue weighted by atomic mass is 31.3. The summed E-state index contributed by atoms with van der Waals surface area (Å²) in [4.78, 5) is 0. The Morgan fingerprint density at radius 1 is 0.706 bits per heavy atom. The van der Waals surface area contributed by atoms with Gasteiger partial charge in [-0.3, -0.25) is 9.13 Å². The molecule has 104 valence electrons. The summed E-state index contributed by atoms with van der Waals surface area (Å²) in [5.74, 6) is 0. The maximum absolute atomic E-state index is 12.0. The van der Waals surface area contributed by atoms with Crippen molar-refractivity contribution in [3.63, 3.8) is 0 Å². The van der Waals surface area contributed by atoms with E-state index in [9.17, 15) is 9.13 Å². The lowest BCUT2D eigenvalue weighted by atomic mass is 10.2. The Bertz CT molecular complexity index is 317. The maximum Gasteiger partial charge on any atom is 0.335 e. The molecule has 0 spiro atoms. The van der Waals surface area contributed by atoms with Crippen LogP contribution >= 0.6 is 15.2 Å². The van der Waals surface area contributed by atoms with E-state index in [1.54, 1.807) is 41.5 Å². The van der Waals surface area contributed by atoms with Crippen molar-refractivity contribution in [2.24, 2.45) is 0 Å². The van der Waals surface area contributed by atoms with Gasteiger partial charge in [0.05, 0.1) is 11.2 Å². The largest absolute Gasteiger partial charge is 0.335 e. The van der Waals surface area contributed by atoms with Gasteiger partial charge in [-0.15, -0.1) is 0 Å². The molecule has 0 N–H and O–H groups in total. The predicted molar refractivity (Wildman–Crippen MR) is 69.8 cm³/mol. The molecule has 7 heteroatoms. The van der Waals surface area contributed by atoms with Gasteiger partial charge in [-0.05, 0) is 41.5 Å². The van der Waals surface area contributed by atoms with Gasteiger partial charge in [0, 0.05) is 13.3 Å². The smallest absolute Gasteiger partial charge is 0.303 e. The molecule has 0 aliphatic carbocycles. The fourth-order valence-corrected chi connectivity index (χ4v) is 5.71. The third-order valence-corrected chi connectivity index (χ3v) is 5.31. The van der Waals surface area contributed by atoms with Crippen molar-refractivity contribution in [1.82, 2.24) is 0 Å². The van der Waals surface area contributed by atoms with Crippen LogP contribution in [0.4, 0.5) is 0 Å². The van der Waals surface area contributed by atoms with E-state index in [-0.39, 0.29) is 0 Å². The zero-order chi connectivity index (χ0) is 14.1. The van der Waals surface area contributed by atoms with E-state index in [1.807, 2.05) is 0 Å². The van der Waals surface area contributed by atoms with Gasteiger partial charge in [-0.25, -0.2) is 4.31 Å². The van der Waals surface area contributed by atoms with Gasteiger partial charge in [0.15, 0.2) is 0 Å². The van der Waals surface area contributed by atoms with Gasteiger partial charge < -0.3 is 9.05 Å². The highest BCUT2D eigenvalue weighted by molar-refractivity contribution is 7.66. The Morgan fingerprint density at radius 2 is 0.941 bits per heavy atom. The molecule has 0 radical (unpaired) electrons. The quantitative estimate of drug-likeness (QED) is 0.722. The minimum Gasteiger partial charge on any atom is -0.303 e. The predicted octanol–water partition coefficient (Wildman–Crippen LogP) is 4.28. The molecule has 0 aliphatic rings. The van der Waals surface area contributed by atoms with Crippen LogP contribution in [0.2, 0.25) is 0 Å². The third kappa shape index (κ3) is 9.99. The molecule has 0 bridgehead atoms. The average molecular weight is 286 g/mol. The summed E-state index contributed by atoms with van der Waals surface area (Å²) in [6, 6.07) is 0. The summed E-state index contributed by atoms with van der Waals surface area (Å²) in [6.07, 6.45) is 0. The SMILES string of the molecule is CC(C)(C)OP(C)(=O)OP(C)(=O)OC(C)(C)C. The fourth-order valence-electron chi connectivity index (χ4n) is 1.30. The van der Waals surface area contributed by atoms with Crippen molar-refractivity contribution in [3.05, 3.63) is 0 Å². The first-order valence-electron chi connectivity index (χ1n) is 5.40. The lowest BCUT2D eigenvalue weighted by Crippen LogP contribution is -2.20. The van der Waals surface area contributed by atoms with E-state index >= 15 is 0 Å². The summed E-state index contributed by atoms with van der Waals surface area (Å²) in [6.45, 7) is 13.1. The number of hydrogen-bond acceptors (Lipinski definition) is 5. The molecule has 17 heavy (non-hydrogen) atoms. The monoisotopic (exact) mass is 286 g/mol. The maximum atomic E-state index is 12.0. The van der Waals surface area contributed by atoms with Gasteiger partial charge in [0.2, 0.25) is 0 Å². The van der Waals surface area contributed by atoms with Gasteiger partial charge >= 0.3 is 15.2 Å². The summed E-state index contributed by atoms with van der Waals surface area (Å²) in [5.41, 5.74) is -1.27. The summed E-state index contributed by atoms with van der Waals surface area (Å²) in [5, 5.41) is 0. The Labute approximate surface area is 104 Å². The standard InChI is InChI=1S/C10H24O5P2/c1-9(2,3)13-16(7,11)15-17(8,12)14-10(4,5)6/h1-8H3. The second-order valence-electron chi connectivity index (χ2n) is 6.03. The van der Waals surface area contributed by atoms with E-state index < -0.39 is 26.4 Å². The molecule has 2 unspecified atom stereocenters. The van der Waals surface area contributed by atoms with Crippen molar-refractivity contribution in [3.8, 4) is 0 Å². The average Bonchev–Trinajstić information content (AvgIpc) is 1.65. The second kappa shape index (κ2) is 5.14. The van der Waals surface area contributed by atoms with Crippen LogP contribution in [-0.4, -0.2) is 24.5 Å². The van der Waals surface area contributed by atoms with Crippen LogP contribution in [0.25, 0.3) is 0 Å². The van der Waals surface area contributed by atoms with Crippen molar-refractivity contribution >= 4 is 15.2 Å². The Balaban J connectivity index is 4.72. The minimum absolute atomic E-state index is 0.633. The molecule has 0 saturated heterocycles. The molecular formula is C10H24O5P2. The molecule has 0 heterocycles. The number of rotatable bonds is 4. The molecule has 0 amide bonds. The van der Waals surface area contributed by atoms with E-state index in [4.69, 9.17) is 13.4 Å². The summed E-state index contributed by atoms with van der Waals surface area (Å²) < 4.78 is 39.6. The van der Waals surface area contributed by atoms with E-state index in [0.29, 0.717) is 0 Å². The molecule has 0 aromatic carbocycles. The van der Waals surface area contributed by atoms with E-state index in [2.05, 4.69) is 0 Å². The topological polar surface area (TPSA) is 61.8 Å². The van der Waals surface area contributed by atoms with Crippen molar-refractivity contribution < 1.29 is 22.5 Å². The first-order chi connectivity index (χ1) is 7.12. The van der Waals surface area contributed by atoms with Crippen LogP contribution < -0.4 is 0 Å². The summed E-state index contributed by atoms with van der Waals surface area (Å²) >= 11 is 0. The van der Waals surface area contributed by atoms with Crippen LogP contribution in [0.5, 0.6) is 0 Å². The minimum atomic E-state index is -3.41. The first kappa shape index (κ1) is 17.3. The normalized spacial score (nSPS) is 20.7. The molecule has 0 aromatic heterocycles. The molecular weight excluding hydrogens is 262 g/mol. The van der Waals surface area contributed by atoms with Crippen LogP contribution in [0.1, 0.15) is 41.5 Å². The highest BCUT2D eigenvalue weighted by Crippen LogP contribution is 2.63. The third-order valence-electron chi connectivity index (χ3n) is 1.18. The first-order valence-corrected chi connectivity index (χ1v) is 9.38. The van der Waals surface area contributed by atoms with Crippen LogP contribution in [0, 0.1) is 0 Å². The van der Waals surface area contributed by atoms with Crippen LogP contribution in [-0.2, 0) is 22.5 Å². The van der Waals surface area contributed by atoms with Gasteiger partial charge in [0.1, 0.15) is 0 Å². The van der Waals surface area contributed by atoms with Gasteiger partial charge in [-0.2, -0.15) is 0 Å². The number of hydrogen-bond donors (Lipinski definition) is 0. The zero-order valence-corrected chi connectivity index (χ0v) is 13.7. The van der Waals surface area contributed by atoms with Crippen molar-refractivity contribution in [1.29, 1.82) is 0 Å². The lowest BCUT2D eigenvalue weighted by Gasteiger charge is -2.29. The molecule has 0 fully saturated rings. The molecule has 0 aromatic rings. The molecule has 2 atom stereocenters. The highest BCUT2D eigenvalue weighted by Gasteiger charge is 2.35.